The van der Waals surface area contributed by atoms with Gasteiger partial charge in [0, 0.05) is 43.8 Å². The van der Waals surface area contributed by atoms with Gasteiger partial charge in [0.15, 0.2) is 0 Å². The quantitative estimate of drug-likeness (QED) is 0.902. The van der Waals surface area contributed by atoms with Gasteiger partial charge in [0.25, 0.3) is 0 Å². The second kappa shape index (κ2) is 5.29. The summed E-state index contributed by atoms with van der Waals surface area (Å²) < 4.78 is 0. The molecule has 0 amide bonds. The summed E-state index contributed by atoms with van der Waals surface area (Å²) in [6, 6.07) is 8.33. The number of hydrogen-bond acceptors (Lipinski definition) is 4. The third-order valence-corrected chi connectivity index (χ3v) is 3.49. The monoisotopic (exact) mass is 248 g/mol. The zero-order valence-electron chi connectivity index (χ0n) is 10.1. The zero-order chi connectivity index (χ0) is 12.3. The Balaban J connectivity index is 2.21. The van der Waals surface area contributed by atoms with Gasteiger partial charge in [-0.05, 0) is 24.3 Å². The van der Waals surface area contributed by atoms with Crippen LogP contribution in [0.5, 0.6) is 0 Å². The van der Waals surface area contributed by atoms with E-state index in [0.717, 1.165) is 16.3 Å². The van der Waals surface area contributed by atoms with E-state index in [-0.39, 0.29) is 6.61 Å². The lowest BCUT2D eigenvalue weighted by molar-refractivity contribution is 0.298. The van der Waals surface area contributed by atoms with E-state index in [1.165, 1.54) is 5.69 Å². The van der Waals surface area contributed by atoms with Crippen LogP contribution in [0.3, 0.4) is 0 Å². The minimum Gasteiger partial charge on any atom is -0.396 e. The summed E-state index contributed by atoms with van der Waals surface area (Å²) in [5.41, 5.74) is 3.27. The first-order valence-corrected chi connectivity index (χ1v) is 6.41. The van der Waals surface area contributed by atoms with Crippen molar-refractivity contribution in [3.63, 3.8) is 0 Å². The maximum atomic E-state index is 8.86. The van der Waals surface area contributed by atoms with Gasteiger partial charge in [-0.15, -0.1) is 11.3 Å². The van der Waals surface area contributed by atoms with Crippen molar-refractivity contribution < 1.29 is 5.11 Å². The highest BCUT2D eigenvalue weighted by molar-refractivity contribution is 7.13. The van der Waals surface area contributed by atoms with Crippen LogP contribution >= 0.6 is 11.3 Å². The van der Waals surface area contributed by atoms with Crippen LogP contribution in [-0.2, 0) is 6.42 Å². The average molecular weight is 248 g/mol. The number of nitrogens with zero attached hydrogens (tertiary/aromatic N) is 2. The summed E-state index contributed by atoms with van der Waals surface area (Å²) in [6.07, 6.45) is 0.631. The highest BCUT2D eigenvalue weighted by atomic mass is 32.1. The van der Waals surface area contributed by atoms with Crippen LogP contribution in [0.25, 0.3) is 10.6 Å². The van der Waals surface area contributed by atoms with E-state index in [1.54, 1.807) is 11.3 Å². The number of anilines is 1. The van der Waals surface area contributed by atoms with E-state index in [1.807, 2.05) is 19.5 Å². The van der Waals surface area contributed by atoms with Crippen molar-refractivity contribution in [1.82, 2.24) is 4.98 Å². The van der Waals surface area contributed by atoms with Gasteiger partial charge in [-0.3, -0.25) is 0 Å². The second-order valence-corrected chi connectivity index (χ2v) is 4.92. The fourth-order valence-electron chi connectivity index (χ4n) is 1.57. The van der Waals surface area contributed by atoms with E-state index in [2.05, 4.69) is 34.1 Å². The van der Waals surface area contributed by atoms with E-state index in [9.17, 15) is 0 Å². The molecule has 1 heterocycles. The van der Waals surface area contributed by atoms with Crippen molar-refractivity contribution in [3.05, 3.63) is 35.3 Å². The molecule has 0 aliphatic rings. The standard InChI is InChI=1S/C13H16N2OS/c1-15(2)12-5-3-10(4-6-12)13-14-11(7-8-16)9-17-13/h3-6,9,16H,7-8H2,1-2H3. The fourth-order valence-corrected chi connectivity index (χ4v) is 2.43. The number of rotatable bonds is 4. The minimum atomic E-state index is 0.155. The van der Waals surface area contributed by atoms with Gasteiger partial charge in [0.2, 0.25) is 0 Å². The molecule has 0 fully saturated rings. The molecule has 2 aromatic rings. The van der Waals surface area contributed by atoms with Gasteiger partial charge in [-0.2, -0.15) is 0 Å². The largest absolute Gasteiger partial charge is 0.396 e. The van der Waals surface area contributed by atoms with E-state index >= 15 is 0 Å². The van der Waals surface area contributed by atoms with Gasteiger partial charge in [-0.1, -0.05) is 0 Å². The number of aliphatic hydroxyl groups is 1. The van der Waals surface area contributed by atoms with E-state index in [0.29, 0.717) is 6.42 Å². The maximum Gasteiger partial charge on any atom is 0.123 e. The molecule has 0 radical (unpaired) electrons. The summed E-state index contributed by atoms with van der Waals surface area (Å²) in [4.78, 5) is 6.56. The molecule has 0 saturated heterocycles. The van der Waals surface area contributed by atoms with Crippen LogP contribution in [0.1, 0.15) is 5.69 Å². The summed E-state index contributed by atoms with van der Waals surface area (Å²) in [7, 11) is 4.05. The Morgan fingerprint density at radius 1 is 1.24 bits per heavy atom. The lowest BCUT2D eigenvalue weighted by atomic mass is 10.2. The first kappa shape index (κ1) is 12.1. The molecule has 0 aliphatic carbocycles. The Kier molecular flexibility index (Phi) is 3.76. The van der Waals surface area contributed by atoms with Crippen LogP contribution < -0.4 is 4.90 Å². The number of aromatic nitrogens is 1. The van der Waals surface area contributed by atoms with Crippen LogP contribution in [0, 0.1) is 0 Å². The van der Waals surface area contributed by atoms with Crippen LogP contribution in [-0.4, -0.2) is 30.8 Å². The van der Waals surface area contributed by atoms with E-state index in [4.69, 9.17) is 5.11 Å². The molecule has 0 spiro atoms. The van der Waals surface area contributed by atoms with Gasteiger partial charge in [-0.25, -0.2) is 4.98 Å². The summed E-state index contributed by atoms with van der Waals surface area (Å²) in [5, 5.41) is 11.9. The average Bonchev–Trinajstić information content (AvgIpc) is 2.78. The van der Waals surface area contributed by atoms with Crippen molar-refractivity contribution in [1.29, 1.82) is 0 Å². The van der Waals surface area contributed by atoms with Crippen molar-refractivity contribution in [3.8, 4) is 10.6 Å². The summed E-state index contributed by atoms with van der Waals surface area (Å²) in [6.45, 7) is 0.155. The van der Waals surface area contributed by atoms with Gasteiger partial charge >= 0.3 is 0 Å². The molecule has 0 unspecified atom stereocenters. The first-order valence-electron chi connectivity index (χ1n) is 5.53. The van der Waals surface area contributed by atoms with Crippen molar-refractivity contribution in [2.75, 3.05) is 25.6 Å². The van der Waals surface area contributed by atoms with Crippen molar-refractivity contribution in [2.45, 2.75) is 6.42 Å². The molecule has 2 rings (SSSR count). The molecule has 90 valence electrons. The Bertz CT molecular complexity index is 476. The predicted octanol–water partition coefficient (Wildman–Crippen LogP) is 2.41. The Labute approximate surface area is 105 Å². The summed E-state index contributed by atoms with van der Waals surface area (Å²) >= 11 is 1.62. The Hall–Kier alpha value is -1.39. The minimum absolute atomic E-state index is 0.155. The molecule has 17 heavy (non-hydrogen) atoms. The second-order valence-electron chi connectivity index (χ2n) is 4.06. The number of hydrogen-bond donors (Lipinski definition) is 1. The molecule has 0 aliphatic heterocycles. The van der Waals surface area contributed by atoms with Crippen LogP contribution in [0.4, 0.5) is 5.69 Å². The van der Waals surface area contributed by atoms with E-state index < -0.39 is 0 Å². The lowest BCUT2D eigenvalue weighted by Crippen LogP contribution is -2.07. The Morgan fingerprint density at radius 3 is 2.53 bits per heavy atom. The lowest BCUT2D eigenvalue weighted by Gasteiger charge is -2.11. The first-order chi connectivity index (χ1) is 8.20. The third-order valence-electron chi connectivity index (χ3n) is 2.55. The molecular weight excluding hydrogens is 232 g/mol. The fraction of sp³-hybridized carbons (Fsp3) is 0.308. The normalized spacial score (nSPS) is 10.5. The van der Waals surface area contributed by atoms with Gasteiger partial charge in [0.1, 0.15) is 5.01 Å². The van der Waals surface area contributed by atoms with Gasteiger partial charge in [0.05, 0.1) is 5.69 Å². The molecule has 0 atom stereocenters. The van der Waals surface area contributed by atoms with Crippen LogP contribution in [0.2, 0.25) is 0 Å². The highest BCUT2D eigenvalue weighted by Crippen LogP contribution is 2.25. The Morgan fingerprint density at radius 2 is 1.94 bits per heavy atom. The number of aliphatic hydroxyl groups excluding tert-OH is 1. The number of benzene rings is 1. The zero-order valence-corrected chi connectivity index (χ0v) is 10.9. The molecule has 1 N–H and O–H groups in total. The highest BCUT2D eigenvalue weighted by Gasteiger charge is 2.04. The molecule has 1 aromatic carbocycles. The van der Waals surface area contributed by atoms with Crippen molar-refractivity contribution in [2.24, 2.45) is 0 Å². The molecular formula is C13H16N2OS. The smallest absolute Gasteiger partial charge is 0.123 e. The van der Waals surface area contributed by atoms with Gasteiger partial charge < -0.3 is 10.0 Å². The molecule has 1 aromatic heterocycles. The van der Waals surface area contributed by atoms with Crippen LogP contribution in [0.15, 0.2) is 29.6 Å². The number of thiazole rings is 1. The maximum absolute atomic E-state index is 8.86. The topological polar surface area (TPSA) is 36.4 Å². The SMILES string of the molecule is CN(C)c1ccc(-c2nc(CCO)cs2)cc1. The molecule has 3 nitrogen and oxygen atoms in total. The molecule has 4 heteroatoms. The predicted molar refractivity (Wildman–Crippen MR) is 72.7 cm³/mol. The third kappa shape index (κ3) is 2.84. The van der Waals surface area contributed by atoms with Crippen molar-refractivity contribution >= 4 is 17.0 Å². The molecule has 0 bridgehead atoms. The molecule has 0 saturated carbocycles. The summed E-state index contributed by atoms with van der Waals surface area (Å²) in [5.74, 6) is 0.